The number of carbonyl (C=O) groups is 1. The lowest BCUT2D eigenvalue weighted by Crippen LogP contribution is -2.30. The summed E-state index contributed by atoms with van der Waals surface area (Å²) in [6.45, 7) is 1.99. The first kappa shape index (κ1) is 12.2. The van der Waals surface area contributed by atoms with E-state index in [-0.39, 0.29) is 17.5 Å². The molecule has 0 spiro atoms. The molecule has 0 amide bonds. The van der Waals surface area contributed by atoms with Crippen LogP contribution in [-0.2, 0) is 4.79 Å². The second-order valence-electron chi connectivity index (χ2n) is 4.30. The predicted molar refractivity (Wildman–Crippen MR) is 63.3 cm³/mol. The van der Waals surface area contributed by atoms with E-state index >= 15 is 0 Å². The molecule has 0 bridgehead atoms. The molecule has 7 heteroatoms. The van der Waals surface area contributed by atoms with Crippen LogP contribution in [0, 0.1) is 5.92 Å². The number of thioether (sulfide) groups is 1. The number of aromatic amines is 1. The summed E-state index contributed by atoms with van der Waals surface area (Å²) in [7, 11) is 0. The predicted octanol–water partition coefficient (Wildman–Crippen LogP) is 1.11. The lowest BCUT2D eigenvalue weighted by Gasteiger charge is -2.31. The van der Waals surface area contributed by atoms with Gasteiger partial charge in [-0.2, -0.15) is 0 Å². The van der Waals surface area contributed by atoms with Gasteiger partial charge in [0.15, 0.2) is 5.16 Å². The van der Waals surface area contributed by atoms with Gasteiger partial charge in [-0.15, -0.1) is 5.10 Å². The Hall–Kier alpha value is -1.24. The summed E-state index contributed by atoms with van der Waals surface area (Å²) in [5, 5.41) is 15.4. The first-order chi connectivity index (χ1) is 8.09. The Morgan fingerprint density at radius 3 is 2.94 bits per heavy atom. The van der Waals surface area contributed by atoms with Crippen molar-refractivity contribution >= 4 is 17.7 Å². The van der Waals surface area contributed by atoms with Crippen molar-refractivity contribution < 1.29 is 9.90 Å². The Labute approximate surface area is 102 Å². The van der Waals surface area contributed by atoms with Crippen molar-refractivity contribution in [3.05, 3.63) is 10.5 Å². The molecule has 0 aromatic carbocycles. The number of hydrogen-bond acceptors (Lipinski definition) is 4. The van der Waals surface area contributed by atoms with Crippen LogP contribution < -0.4 is 5.69 Å². The molecule has 1 aromatic rings. The van der Waals surface area contributed by atoms with Crippen LogP contribution in [0.2, 0.25) is 0 Å². The lowest BCUT2D eigenvalue weighted by molar-refractivity contribution is -0.133. The van der Waals surface area contributed by atoms with Gasteiger partial charge in [-0.3, -0.25) is 9.36 Å². The molecule has 17 heavy (non-hydrogen) atoms. The molecule has 1 fully saturated rings. The van der Waals surface area contributed by atoms with E-state index in [0.29, 0.717) is 11.1 Å². The van der Waals surface area contributed by atoms with Gasteiger partial charge in [0.25, 0.3) is 0 Å². The van der Waals surface area contributed by atoms with E-state index in [0.717, 1.165) is 24.6 Å². The number of nitrogens with zero attached hydrogens (tertiary/aromatic N) is 2. The van der Waals surface area contributed by atoms with Crippen LogP contribution in [0.1, 0.15) is 32.2 Å². The summed E-state index contributed by atoms with van der Waals surface area (Å²) in [4.78, 5) is 22.2. The largest absolute Gasteiger partial charge is 0.481 e. The van der Waals surface area contributed by atoms with Gasteiger partial charge in [0, 0.05) is 6.04 Å². The van der Waals surface area contributed by atoms with Crippen LogP contribution in [0.5, 0.6) is 0 Å². The van der Waals surface area contributed by atoms with E-state index < -0.39 is 5.97 Å². The summed E-state index contributed by atoms with van der Waals surface area (Å²) < 4.78 is 1.58. The molecule has 6 nitrogen and oxygen atoms in total. The maximum absolute atomic E-state index is 11.7. The van der Waals surface area contributed by atoms with Crippen molar-refractivity contribution in [2.45, 2.75) is 37.4 Å². The highest BCUT2D eigenvalue weighted by atomic mass is 32.2. The fourth-order valence-electron chi connectivity index (χ4n) is 2.01. The van der Waals surface area contributed by atoms with Crippen LogP contribution in [0.25, 0.3) is 0 Å². The third-order valence-electron chi connectivity index (χ3n) is 3.24. The molecule has 0 aliphatic heterocycles. The van der Waals surface area contributed by atoms with Crippen molar-refractivity contribution in [3.63, 3.8) is 0 Å². The number of carboxylic acid groups (broad SMARTS) is 1. The highest BCUT2D eigenvalue weighted by molar-refractivity contribution is 7.99. The molecule has 2 rings (SSSR count). The molecular formula is C10H15N3O3S. The minimum Gasteiger partial charge on any atom is -0.481 e. The van der Waals surface area contributed by atoms with Crippen LogP contribution in [0.4, 0.5) is 0 Å². The van der Waals surface area contributed by atoms with E-state index in [9.17, 15) is 9.59 Å². The maximum atomic E-state index is 11.7. The van der Waals surface area contributed by atoms with Crippen molar-refractivity contribution in [2.24, 2.45) is 5.92 Å². The van der Waals surface area contributed by atoms with E-state index in [1.165, 1.54) is 6.42 Å². The fourth-order valence-corrected chi connectivity index (χ4v) is 2.76. The minimum absolute atomic E-state index is 0.0817. The summed E-state index contributed by atoms with van der Waals surface area (Å²) in [5.41, 5.74) is -0.253. The van der Waals surface area contributed by atoms with Crippen LogP contribution in [0.3, 0.4) is 0 Å². The number of hydrogen-bond donors (Lipinski definition) is 2. The second-order valence-corrected chi connectivity index (χ2v) is 5.24. The summed E-state index contributed by atoms with van der Waals surface area (Å²) in [6, 6.07) is 0.0892. The van der Waals surface area contributed by atoms with Gasteiger partial charge in [0.1, 0.15) is 0 Å². The fraction of sp³-hybridized carbons (Fsp3) is 0.700. The Morgan fingerprint density at radius 2 is 2.41 bits per heavy atom. The van der Waals surface area contributed by atoms with E-state index in [1.54, 1.807) is 4.57 Å². The molecule has 94 valence electrons. The maximum Gasteiger partial charge on any atom is 0.344 e. The molecule has 0 saturated heterocycles. The van der Waals surface area contributed by atoms with Gasteiger partial charge in [-0.05, 0) is 25.7 Å². The summed E-state index contributed by atoms with van der Waals surface area (Å²) in [6.07, 6.45) is 3.46. The molecule has 1 atom stereocenters. The van der Waals surface area contributed by atoms with Crippen LogP contribution in [-0.4, -0.2) is 31.6 Å². The average molecular weight is 257 g/mol. The highest BCUT2D eigenvalue weighted by Crippen LogP contribution is 2.36. The van der Waals surface area contributed by atoms with Gasteiger partial charge in [0.2, 0.25) is 0 Å². The van der Waals surface area contributed by atoms with E-state index in [4.69, 9.17) is 5.11 Å². The number of nitrogens with one attached hydrogen (secondary N) is 1. The first-order valence-electron chi connectivity index (χ1n) is 5.61. The first-order valence-corrected chi connectivity index (χ1v) is 6.59. The van der Waals surface area contributed by atoms with Gasteiger partial charge in [0.05, 0.1) is 5.75 Å². The number of aromatic nitrogens is 3. The Morgan fingerprint density at radius 1 is 1.71 bits per heavy atom. The summed E-state index contributed by atoms with van der Waals surface area (Å²) >= 11 is 1.08. The van der Waals surface area contributed by atoms with Gasteiger partial charge in [-0.1, -0.05) is 18.2 Å². The Bertz CT molecular complexity index is 464. The molecule has 0 radical (unpaired) electrons. The zero-order valence-corrected chi connectivity index (χ0v) is 10.4. The highest BCUT2D eigenvalue weighted by Gasteiger charge is 2.28. The normalized spacial score (nSPS) is 17.7. The van der Waals surface area contributed by atoms with Gasteiger partial charge >= 0.3 is 11.7 Å². The molecule has 1 aromatic heterocycles. The van der Waals surface area contributed by atoms with E-state index in [2.05, 4.69) is 10.2 Å². The number of carboxylic acids is 1. The van der Waals surface area contributed by atoms with Crippen molar-refractivity contribution in [1.82, 2.24) is 14.8 Å². The Kier molecular flexibility index (Phi) is 3.56. The number of aliphatic carboxylic acids is 1. The SMILES string of the molecule is CC(C1CCC1)n1c(SCC(=O)O)n[nH]c1=O. The molecule has 1 heterocycles. The zero-order chi connectivity index (χ0) is 12.4. The van der Waals surface area contributed by atoms with Crippen molar-refractivity contribution in [3.8, 4) is 0 Å². The number of H-pyrrole nitrogens is 1. The third kappa shape index (κ3) is 2.54. The monoisotopic (exact) mass is 257 g/mol. The van der Waals surface area contributed by atoms with Gasteiger partial charge in [-0.25, -0.2) is 9.89 Å². The smallest absolute Gasteiger partial charge is 0.344 e. The molecule has 2 N–H and O–H groups in total. The van der Waals surface area contributed by atoms with Crippen molar-refractivity contribution in [1.29, 1.82) is 0 Å². The molecule has 1 aliphatic rings. The molecule has 1 aliphatic carbocycles. The average Bonchev–Trinajstić information content (AvgIpc) is 2.53. The lowest BCUT2D eigenvalue weighted by atomic mass is 9.80. The number of rotatable bonds is 5. The quantitative estimate of drug-likeness (QED) is 0.771. The minimum atomic E-state index is -0.909. The van der Waals surface area contributed by atoms with Gasteiger partial charge < -0.3 is 5.11 Å². The summed E-state index contributed by atoms with van der Waals surface area (Å²) in [5.74, 6) is -0.482. The van der Waals surface area contributed by atoms with Crippen molar-refractivity contribution in [2.75, 3.05) is 5.75 Å². The Balaban J connectivity index is 2.16. The molecular weight excluding hydrogens is 242 g/mol. The van der Waals surface area contributed by atoms with Crippen LogP contribution >= 0.6 is 11.8 Å². The topological polar surface area (TPSA) is 88.0 Å². The second kappa shape index (κ2) is 4.95. The third-order valence-corrected chi connectivity index (χ3v) is 4.17. The molecule has 1 unspecified atom stereocenters. The standard InChI is InChI=1S/C10H15N3O3S/c1-6(7-3-2-4-7)13-9(16)11-12-10(13)17-5-8(14)15/h6-7H,2-5H2,1H3,(H,11,16)(H,14,15). The van der Waals surface area contributed by atoms with E-state index in [1.807, 2.05) is 6.92 Å². The zero-order valence-electron chi connectivity index (χ0n) is 9.55. The van der Waals surface area contributed by atoms with Crippen LogP contribution in [0.15, 0.2) is 9.95 Å². The molecule has 1 saturated carbocycles.